The largest absolute Gasteiger partial charge is 0.493 e. The Balaban J connectivity index is 1.15. The van der Waals surface area contributed by atoms with Crippen LogP contribution in [0.3, 0.4) is 0 Å². The summed E-state index contributed by atoms with van der Waals surface area (Å²) >= 11 is 0. The molecule has 1 saturated carbocycles. The molecule has 1 saturated heterocycles. The topological polar surface area (TPSA) is 82.1 Å². The molecular formula is C34H38FNO6S. The molecule has 0 spiro atoms. The van der Waals surface area contributed by atoms with Crippen molar-refractivity contribution in [1.29, 1.82) is 0 Å². The lowest BCUT2D eigenvalue weighted by molar-refractivity contribution is -0.144. The quantitative estimate of drug-likeness (QED) is 0.259. The van der Waals surface area contributed by atoms with Gasteiger partial charge in [-0.15, -0.1) is 0 Å². The van der Waals surface area contributed by atoms with E-state index < -0.39 is 10.0 Å². The predicted octanol–water partition coefficient (Wildman–Crippen LogP) is 6.11. The number of aryl methyl sites for hydroxylation is 2. The van der Waals surface area contributed by atoms with Crippen LogP contribution in [0.4, 0.5) is 4.39 Å². The van der Waals surface area contributed by atoms with Crippen LogP contribution in [0.5, 0.6) is 11.5 Å². The van der Waals surface area contributed by atoms with Crippen molar-refractivity contribution in [2.75, 3.05) is 32.6 Å². The molecule has 3 aromatic rings. The minimum absolute atomic E-state index is 0.0656. The molecule has 3 aliphatic rings. The van der Waals surface area contributed by atoms with Crippen molar-refractivity contribution in [2.45, 2.75) is 52.1 Å². The Bertz CT molecular complexity index is 1630. The normalized spacial score (nSPS) is 21.7. The maximum absolute atomic E-state index is 15.3. The highest BCUT2D eigenvalue weighted by Crippen LogP contribution is 2.49. The number of ether oxygens (including phenoxy) is 3. The standard InChI is InChI=1S/C34H38FNO6S/c1-5-40-34(37)29-16-28(29)23-6-8-24(9-7-23)42-31-13-11-27-26(10-12-30(35)33(27)31)32-20(2)14-25(15-21(32)3)41-19-22-17-36(18-22)43(4,38)39/h6-10,12,14-15,22,28-29,31H,5,11,13,16-19H2,1-4H3/t28-,29+,31-/m1/s1. The lowest BCUT2D eigenvalue weighted by Crippen LogP contribution is -2.51. The van der Waals surface area contributed by atoms with Gasteiger partial charge < -0.3 is 14.2 Å². The van der Waals surface area contributed by atoms with Crippen LogP contribution in [-0.4, -0.2) is 51.3 Å². The minimum Gasteiger partial charge on any atom is -0.493 e. The first-order valence-corrected chi connectivity index (χ1v) is 16.8. The van der Waals surface area contributed by atoms with E-state index in [-0.39, 0.29) is 35.6 Å². The van der Waals surface area contributed by atoms with Gasteiger partial charge in [0.05, 0.1) is 25.4 Å². The van der Waals surface area contributed by atoms with Crippen molar-refractivity contribution in [2.24, 2.45) is 11.8 Å². The second-order valence-corrected chi connectivity index (χ2v) is 14.1. The van der Waals surface area contributed by atoms with Gasteiger partial charge in [0.25, 0.3) is 0 Å². The predicted molar refractivity (Wildman–Crippen MR) is 162 cm³/mol. The van der Waals surface area contributed by atoms with Crippen LogP contribution in [0, 0.1) is 31.5 Å². The summed E-state index contributed by atoms with van der Waals surface area (Å²) in [6.45, 7) is 7.72. The number of rotatable bonds is 10. The first-order chi connectivity index (χ1) is 20.5. The minimum atomic E-state index is -3.14. The van der Waals surface area contributed by atoms with Crippen molar-refractivity contribution in [3.8, 4) is 22.6 Å². The van der Waals surface area contributed by atoms with Crippen LogP contribution in [0.25, 0.3) is 11.1 Å². The molecule has 0 radical (unpaired) electrons. The molecule has 3 atom stereocenters. The van der Waals surface area contributed by atoms with Crippen molar-refractivity contribution >= 4 is 16.0 Å². The lowest BCUT2D eigenvalue weighted by atomic mass is 9.90. The molecule has 228 valence electrons. The van der Waals surface area contributed by atoms with Crippen molar-refractivity contribution in [3.63, 3.8) is 0 Å². The second-order valence-electron chi connectivity index (χ2n) is 12.1. The maximum Gasteiger partial charge on any atom is 0.309 e. The number of hydrogen-bond acceptors (Lipinski definition) is 6. The van der Waals surface area contributed by atoms with E-state index in [4.69, 9.17) is 14.2 Å². The average Bonchev–Trinajstić information content (AvgIpc) is 3.61. The zero-order chi connectivity index (χ0) is 30.5. The summed E-state index contributed by atoms with van der Waals surface area (Å²) in [7, 11) is -3.14. The number of benzene rings is 3. The van der Waals surface area contributed by atoms with Crippen LogP contribution in [0.1, 0.15) is 59.6 Å². The molecule has 7 nitrogen and oxygen atoms in total. The molecular weight excluding hydrogens is 569 g/mol. The summed E-state index contributed by atoms with van der Waals surface area (Å²) in [6, 6.07) is 15.2. The molecule has 1 heterocycles. The van der Waals surface area contributed by atoms with Gasteiger partial charge in [-0.1, -0.05) is 18.2 Å². The molecule has 2 aliphatic carbocycles. The number of esters is 1. The molecule has 43 heavy (non-hydrogen) atoms. The summed E-state index contributed by atoms with van der Waals surface area (Å²) in [6.07, 6.45) is 3.05. The van der Waals surface area contributed by atoms with E-state index in [1.54, 1.807) is 0 Å². The van der Waals surface area contributed by atoms with E-state index in [2.05, 4.69) is 0 Å². The summed E-state index contributed by atoms with van der Waals surface area (Å²) in [5, 5.41) is 0. The third kappa shape index (κ3) is 6.02. The fourth-order valence-corrected chi connectivity index (χ4v) is 7.56. The smallest absolute Gasteiger partial charge is 0.309 e. The summed E-state index contributed by atoms with van der Waals surface area (Å²) < 4.78 is 57.5. The summed E-state index contributed by atoms with van der Waals surface area (Å²) in [4.78, 5) is 12.0. The van der Waals surface area contributed by atoms with Crippen LogP contribution in [-0.2, 0) is 26.0 Å². The zero-order valence-corrected chi connectivity index (χ0v) is 25.9. The number of fused-ring (bicyclic) bond motifs is 1. The van der Waals surface area contributed by atoms with Gasteiger partial charge in [-0.3, -0.25) is 4.79 Å². The van der Waals surface area contributed by atoms with Gasteiger partial charge in [-0.2, -0.15) is 0 Å². The molecule has 0 unspecified atom stereocenters. The SMILES string of the molecule is CCOC(=O)[C@H]1C[C@@H]1c1ccc(O[C@@H]2CCc3c(-c4c(C)cc(OCC5CN(S(C)(=O)=O)C5)cc4C)ccc(F)c32)cc1. The van der Waals surface area contributed by atoms with E-state index in [9.17, 15) is 13.2 Å². The number of nitrogens with zero attached hydrogens (tertiary/aromatic N) is 1. The van der Waals surface area contributed by atoms with Crippen LogP contribution in [0.15, 0.2) is 48.5 Å². The molecule has 0 amide bonds. The fourth-order valence-electron chi connectivity index (χ4n) is 6.60. The highest BCUT2D eigenvalue weighted by molar-refractivity contribution is 7.88. The Kier molecular flexibility index (Phi) is 7.98. The Morgan fingerprint density at radius 3 is 2.37 bits per heavy atom. The fraction of sp³-hybridized carbons (Fsp3) is 0.441. The second kappa shape index (κ2) is 11.6. The van der Waals surface area contributed by atoms with Crippen molar-refractivity contribution in [3.05, 3.63) is 82.2 Å². The maximum atomic E-state index is 15.3. The van der Waals surface area contributed by atoms with Gasteiger partial charge >= 0.3 is 5.97 Å². The monoisotopic (exact) mass is 607 g/mol. The Hall–Kier alpha value is -3.43. The number of hydrogen-bond donors (Lipinski definition) is 0. The Labute approximate surface area is 253 Å². The van der Waals surface area contributed by atoms with Gasteiger partial charge in [0, 0.05) is 24.6 Å². The van der Waals surface area contributed by atoms with E-state index in [0.717, 1.165) is 45.6 Å². The Morgan fingerprint density at radius 2 is 1.72 bits per heavy atom. The van der Waals surface area contributed by atoms with Gasteiger partial charge in [-0.05, 0) is 110 Å². The third-order valence-electron chi connectivity index (χ3n) is 8.90. The molecule has 0 aromatic heterocycles. The van der Waals surface area contributed by atoms with E-state index in [0.29, 0.717) is 50.5 Å². The van der Waals surface area contributed by atoms with E-state index in [1.807, 2.05) is 63.2 Å². The highest BCUT2D eigenvalue weighted by Gasteiger charge is 2.45. The first-order valence-electron chi connectivity index (χ1n) is 15.0. The molecule has 6 rings (SSSR count). The zero-order valence-electron chi connectivity index (χ0n) is 25.1. The van der Waals surface area contributed by atoms with E-state index >= 15 is 4.39 Å². The van der Waals surface area contributed by atoms with Crippen LogP contribution < -0.4 is 9.47 Å². The molecule has 2 fully saturated rings. The Morgan fingerprint density at radius 1 is 1.02 bits per heavy atom. The first kappa shape index (κ1) is 29.6. The van der Waals surface area contributed by atoms with E-state index in [1.165, 1.54) is 16.6 Å². The number of sulfonamides is 1. The average molecular weight is 608 g/mol. The van der Waals surface area contributed by atoms with Gasteiger partial charge in [-0.25, -0.2) is 17.1 Å². The van der Waals surface area contributed by atoms with Gasteiger partial charge in [0.1, 0.15) is 23.4 Å². The lowest BCUT2D eigenvalue weighted by Gasteiger charge is -2.36. The molecule has 0 N–H and O–H groups in total. The van der Waals surface area contributed by atoms with Crippen LogP contribution in [0.2, 0.25) is 0 Å². The highest BCUT2D eigenvalue weighted by atomic mass is 32.2. The number of halogens is 1. The third-order valence-corrected chi connectivity index (χ3v) is 10.1. The molecule has 3 aromatic carbocycles. The number of carbonyl (C=O) groups is 1. The van der Waals surface area contributed by atoms with Crippen LogP contribution >= 0.6 is 0 Å². The molecule has 1 aliphatic heterocycles. The molecule has 9 heteroatoms. The van der Waals surface area contributed by atoms with Gasteiger partial charge in [0.2, 0.25) is 10.0 Å². The summed E-state index contributed by atoms with van der Waals surface area (Å²) in [5.74, 6) is 1.34. The van der Waals surface area contributed by atoms with Crippen molar-refractivity contribution < 1.29 is 31.8 Å². The number of carbonyl (C=O) groups excluding carboxylic acids is 1. The van der Waals surface area contributed by atoms with Gasteiger partial charge in [0.15, 0.2) is 0 Å². The molecule has 0 bridgehead atoms. The van der Waals surface area contributed by atoms with Crippen molar-refractivity contribution in [1.82, 2.24) is 4.31 Å². The summed E-state index contributed by atoms with van der Waals surface area (Å²) in [5.41, 5.74) is 6.85.